The summed E-state index contributed by atoms with van der Waals surface area (Å²) in [5.74, 6) is -0.535. The second-order valence-corrected chi connectivity index (χ2v) is 8.23. The minimum Gasteiger partial charge on any atom is -0.494 e. The number of aromatic nitrogens is 2. The highest BCUT2D eigenvalue weighted by Gasteiger charge is 2.15. The summed E-state index contributed by atoms with van der Waals surface area (Å²) in [6, 6.07) is 11.9. The fourth-order valence-electron chi connectivity index (χ4n) is 3.03. The van der Waals surface area contributed by atoms with Crippen LogP contribution in [0.3, 0.4) is 0 Å². The molecule has 1 unspecified atom stereocenters. The van der Waals surface area contributed by atoms with Crippen LogP contribution in [-0.2, 0) is 15.6 Å². The fourth-order valence-corrected chi connectivity index (χ4v) is 4.15. The van der Waals surface area contributed by atoms with E-state index >= 15 is 0 Å². The number of hydrogen-bond donors (Lipinski definition) is 1. The van der Waals surface area contributed by atoms with Crippen LogP contribution in [-0.4, -0.2) is 42.1 Å². The van der Waals surface area contributed by atoms with E-state index in [1.54, 1.807) is 12.4 Å². The Hall–Kier alpha value is -3.79. The van der Waals surface area contributed by atoms with Crippen molar-refractivity contribution in [1.82, 2.24) is 9.55 Å². The lowest BCUT2D eigenvalue weighted by Gasteiger charge is -2.11. The third-order valence-corrected chi connectivity index (χ3v) is 5.90. The number of imidazole rings is 1. The van der Waals surface area contributed by atoms with Crippen LogP contribution in [0.2, 0.25) is 0 Å². The number of carboxylic acid groups (broad SMARTS) is 1. The van der Waals surface area contributed by atoms with Gasteiger partial charge in [0.1, 0.15) is 5.75 Å². The van der Waals surface area contributed by atoms with E-state index in [0.29, 0.717) is 23.1 Å². The van der Waals surface area contributed by atoms with Gasteiger partial charge in [-0.05, 0) is 43.2 Å². The Kier molecular flexibility index (Phi) is 7.50. The molecule has 10 heteroatoms. The van der Waals surface area contributed by atoms with E-state index in [1.807, 2.05) is 35.8 Å². The topological polar surface area (TPSA) is 125 Å². The molecule has 0 bridgehead atoms. The SMILES string of the molecule is Cc1ccccc1-n1ccnc1S(=O)CCCOc1ccc([N+](=O)[O-])c(C=CC(=O)O)c1. The normalized spacial score (nSPS) is 12.0. The lowest BCUT2D eigenvalue weighted by molar-refractivity contribution is -0.385. The number of ether oxygens (including phenoxy) is 1. The quantitative estimate of drug-likeness (QED) is 0.214. The van der Waals surface area contributed by atoms with Gasteiger partial charge in [0.2, 0.25) is 5.16 Å². The first-order valence-corrected chi connectivity index (χ1v) is 11.0. The number of hydrogen-bond acceptors (Lipinski definition) is 6. The number of aryl methyl sites for hydroxylation is 1. The Morgan fingerprint density at radius 3 is 2.81 bits per heavy atom. The van der Waals surface area contributed by atoms with Gasteiger partial charge in [0.15, 0.2) is 0 Å². The maximum Gasteiger partial charge on any atom is 0.328 e. The summed E-state index contributed by atoms with van der Waals surface area (Å²) in [4.78, 5) is 25.5. The molecule has 2 aromatic carbocycles. The molecule has 3 rings (SSSR count). The van der Waals surface area contributed by atoms with E-state index in [-0.39, 0.29) is 17.9 Å². The molecule has 166 valence electrons. The summed E-state index contributed by atoms with van der Waals surface area (Å²) >= 11 is 0. The molecular weight excluding hydrogens is 434 g/mol. The number of benzene rings is 2. The Bertz CT molecular complexity index is 1190. The first kappa shape index (κ1) is 22.9. The van der Waals surface area contributed by atoms with Crippen LogP contribution in [0.25, 0.3) is 11.8 Å². The van der Waals surface area contributed by atoms with Crippen molar-refractivity contribution in [1.29, 1.82) is 0 Å². The zero-order chi connectivity index (χ0) is 23.1. The number of nitrogens with zero attached hydrogens (tertiary/aromatic N) is 3. The third kappa shape index (κ3) is 5.67. The number of rotatable bonds is 10. The predicted molar refractivity (Wildman–Crippen MR) is 119 cm³/mol. The van der Waals surface area contributed by atoms with Crippen molar-refractivity contribution in [3.05, 3.63) is 82.2 Å². The lowest BCUT2D eigenvalue weighted by Crippen LogP contribution is -2.10. The molecule has 0 saturated heterocycles. The van der Waals surface area contributed by atoms with Crippen molar-refractivity contribution in [2.75, 3.05) is 12.4 Å². The largest absolute Gasteiger partial charge is 0.494 e. The van der Waals surface area contributed by atoms with Gasteiger partial charge in [0.25, 0.3) is 5.69 Å². The molecule has 0 spiro atoms. The summed E-state index contributed by atoms with van der Waals surface area (Å²) in [5.41, 5.74) is 1.85. The third-order valence-electron chi connectivity index (χ3n) is 4.53. The Morgan fingerprint density at radius 2 is 2.09 bits per heavy atom. The van der Waals surface area contributed by atoms with Gasteiger partial charge >= 0.3 is 5.97 Å². The maximum absolute atomic E-state index is 12.8. The molecule has 9 nitrogen and oxygen atoms in total. The van der Waals surface area contributed by atoms with E-state index in [4.69, 9.17) is 9.84 Å². The van der Waals surface area contributed by atoms with Crippen molar-refractivity contribution in [2.45, 2.75) is 18.5 Å². The Balaban J connectivity index is 1.62. The minimum absolute atomic E-state index is 0.124. The Morgan fingerprint density at radius 1 is 1.31 bits per heavy atom. The molecule has 1 heterocycles. The van der Waals surface area contributed by atoms with Crippen LogP contribution in [0.4, 0.5) is 5.69 Å². The minimum atomic E-state index is -1.35. The van der Waals surface area contributed by atoms with Crippen molar-refractivity contribution >= 4 is 28.5 Å². The van der Waals surface area contributed by atoms with Crippen molar-refractivity contribution in [2.24, 2.45) is 0 Å². The Labute approximate surface area is 186 Å². The van der Waals surface area contributed by atoms with Crippen molar-refractivity contribution in [3.8, 4) is 11.4 Å². The number of nitro groups is 1. The van der Waals surface area contributed by atoms with Crippen molar-refractivity contribution in [3.63, 3.8) is 0 Å². The molecule has 1 atom stereocenters. The molecule has 1 aromatic heterocycles. The van der Waals surface area contributed by atoms with Crippen LogP contribution >= 0.6 is 0 Å². The van der Waals surface area contributed by atoms with Gasteiger partial charge in [0, 0.05) is 30.3 Å². The summed E-state index contributed by atoms with van der Waals surface area (Å²) in [7, 11) is -1.35. The second-order valence-electron chi connectivity index (χ2n) is 6.77. The molecular formula is C22H21N3O6S. The summed E-state index contributed by atoms with van der Waals surface area (Å²) in [6.07, 6.45) is 5.82. The van der Waals surface area contributed by atoms with Gasteiger partial charge in [-0.25, -0.2) is 9.78 Å². The molecule has 0 radical (unpaired) electrons. The van der Waals surface area contributed by atoms with Gasteiger partial charge in [-0.15, -0.1) is 0 Å². The van der Waals surface area contributed by atoms with E-state index in [1.165, 1.54) is 18.2 Å². The van der Waals surface area contributed by atoms with E-state index in [2.05, 4.69) is 4.98 Å². The molecule has 3 aromatic rings. The van der Waals surface area contributed by atoms with Crippen molar-refractivity contribution < 1.29 is 23.8 Å². The van der Waals surface area contributed by atoms with Gasteiger partial charge in [-0.3, -0.25) is 18.9 Å². The highest BCUT2D eigenvalue weighted by Crippen LogP contribution is 2.25. The lowest BCUT2D eigenvalue weighted by atomic mass is 10.1. The van der Waals surface area contributed by atoms with Crippen LogP contribution < -0.4 is 4.74 Å². The summed E-state index contributed by atoms with van der Waals surface area (Å²) < 4.78 is 20.2. The number of carbonyl (C=O) groups is 1. The average molecular weight is 455 g/mol. The monoisotopic (exact) mass is 455 g/mol. The average Bonchev–Trinajstić information content (AvgIpc) is 3.25. The van der Waals surface area contributed by atoms with Crippen LogP contribution in [0, 0.1) is 17.0 Å². The second kappa shape index (κ2) is 10.5. The van der Waals surface area contributed by atoms with Crippen LogP contribution in [0.1, 0.15) is 17.5 Å². The first-order valence-electron chi connectivity index (χ1n) is 9.67. The molecule has 0 aliphatic carbocycles. The molecule has 1 N–H and O–H groups in total. The maximum atomic E-state index is 12.8. The van der Waals surface area contributed by atoms with Crippen LogP contribution in [0.5, 0.6) is 5.75 Å². The van der Waals surface area contributed by atoms with Gasteiger partial charge < -0.3 is 9.84 Å². The number of aliphatic carboxylic acids is 1. The van der Waals surface area contributed by atoms with Gasteiger partial charge in [0.05, 0.1) is 33.6 Å². The predicted octanol–water partition coefficient (Wildman–Crippen LogP) is 3.76. The molecule has 0 aliphatic heterocycles. The number of carboxylic acids is 1. The smallest absolute Gasteiger partial charge is 0.328 e. The highest BCUT2D eigenvalue weighted by atomic mass is 32.2. The van der Waals surface area contributed by atoms with Gasteiger partial charge in [-0.2, -0.15) is 0 Å². The summed E-state index contributed by atoms with van der Waals surface area (Å²) in [6.45, 7) is 2.21. The first-order chi connectivity index (χ1) is 15.4. The summed E-state index contributed by atoms with van der Waals surface area (Å²) in [5, 5.41) is 20.3. The molecule has 0 saturated carbocycles. The zero-order valence-electron chi connectivity index (χ0n) is 17.2. The molecule has 0 amide bonds. The fraction of sp³-hybridized carbons (Fsp3) is 0.182. The van der Waals surface area contributed by atoms with Crippen LogP contribution in [0.15, 0.2) is 66.1 Å². The van der Waals surface area contributed by atoms with E-state index in [0.717, 1.165) is 23.4 Å². The zero-order valence-corrected chi connectivity index (χ0v) is 18.0. The van der Waals surface area contributed by atoms with Gasteiger partial charge in [-0.1, -0.05) is 18.2 Å². The number of nitro benzene ring substituents is 1. The van der Waals surface area contributed by atoms with E-state index in [9.17, 15) is 19.1 Å². The van der Waals surface area contributed by atoms with E-state index < -0.39 is 21.7 Å². The standard InChI is InChI=1S/C22H21N3O6S/c1-16-5-2-3-6-19(16)24-12-11-23-22(24)32(30)14-4-13-31-18-8-9-20(25(28)29)17(15-18)7-10-21(26)27/h2-3,5-12,15H,4,13-14H2,1H3,(H,26,27). The molecule has 32 heavy (non-hydrogen) atoms. The number of para-hydroxylation sites is 1. The highest BCUT2D eigenvalue weighted by molar-refractivity contribution is 7.84. The molecule has 0 fully saturated rings. The molecule has 0 aliphatic rings.